The van der Waals surface area contributed by atoms with Gasteiger partial charge in [0.25, 0.3) is 0 Å². The number of nitrogens with zero attached hydrogens (tertiary/aromatic N) is 2. The fourth-order valence-electron chi connectivity index (χ4n) is 3.12. The fraction of sp³-hybridized carbons (Fsp3) is 0.611. The van der Waals surface area contributed by atoms with E-state index in [1.54, 1.807) is 6.07 Å². The second-order valence-corrected chi connectivity index (χ2v) is 6.31. The van der Waals surface area contributed by atoms with Crippen LogP contribution in [-0.2, 0) is 11.0 Å². The number of halogens is 4. The van der Waals surface area contributed by atoms with Crippen molar-refractivity contribution in [1.29, 1.82) is 0 Å². The predicted octanol–water partition coefficient (Wildman–Crippen LogP) is 3.33. The topological polar surface area (TPSA) is 35.6 Å². The smallest absolute Gasteiger partial charge is 0.340 e. The van der Waals surface area contributed by atoms with Gasteiger partial charge in [0.05, 0.1) is 5.56 Å². The average molecular weight is 394 g/mol. The summed E-state index contributed by atoms with van der Waals surface area (Å²) in [4.78, 5) is 16.2. The Morgan fingerprint density at radius 1 is 1.31 bits per heavy atom. The van der Waals surface area contributed by atoms with E-state index in [-0.39, 0.29) is 24.4 Å². The van der Waals surface area contributed by atoms with E-state index < -0.39 is 11.7 Å². The standard InChI is InChI=1S/C18H26F3N3O.ClH/c1-3-23(10-7-17(25)24-11-8-22-9-12-24)14(2)15-5-4-6-16(13-15)18(19,20)21;/h4-6,13-14,22H,3,7-12H2,1-2H3;1H. The molecule has 1 N–H and O–H groups in total. The van der Waals surface area contributed by atoms with Crippen LogP contribution in [0, 0.1) is 0 Å². The summed E-state index contributed by atoms with van der Waals surface area (Å²) in [6.07, 6.45) is -3.96. The van der Waals surface area contributed by atoms with E-state index in [0.717, 1.165) is 19.2 Å². The summed E-state index contributed by atoms with van der Waals surface area (Å²) in [7, 11) is 0. The molecule has 1 unspecified atom stereocenters. The number of carbonyl (C=O) groups excluding carboxylic acids is 1. The van der Waals surface area contributed by atoms with Gasteiger partial charge in [0.1, 0.15) is 0 Å². The molecule has 8 heteroatoms. The van der Waals surface area contributed by atoms with Crippen LogP contribution in [0.5, 0.6) is 0 Å². The van der Waals surface area contributed by atoms with Crippen LogP contribution >= 0.6 is 12.4 Å². The SMILES string of the molecule is CCN(CCC(=O)N1CCNCC1)C(C)c1cccc(C(F)(F)F)c1.Cl. The van der Waals surface area contributed by atoms with Crippen molar-refractivity contribution in [2.45, 2.75) is 32.5 Å². The second-order valence-electron chi connectivity index (χ2n) is 6.31. The number of hydrogen-bond acceptors (Lipinski definition) is 3. The zero-order valence-electron chi connectivity index (χ0n) is 15.2. The molecule has 1 saturated heterocycles. The highest BCUT2D eigenvalue weighted by Crippen LogP contribution is 2.31. The summed E-state index contributed by atoms with van der Waals surface area (Å²) in [6.45, 7) is 8.10. The molecule has 1 amide bonds. The van der Waals surface area contributed by atoms with E-state index in [1.165, 1.54) is 12.1 Å². The van der Waals surface area contributed by atoms with Gasteiger partial charge in [-0.2, -0.15) is 13.2 Å². The highest BCUT2D eigenvalue weighted by atomic mass is 35.5. The molecule has 1 aliphatic rings. The van der Waals surface area contributed by atoms with Crippen molar-refractivity contribution in [1.82, 2.24) is 15.1 Å². The third-order valence-corrected chi connectivity index (χ3v) is 4.73. The van der Waals surface area contributed by atoms with Gasteiger partial charge in [0.2, 0.25) is 5.91 Å². The average Bonchev–Trinajstić information content (AvgIpc) is 2.62. The lowest BCUT2D eigenvalue weighted by Gasteiger charge is -2.31. The van der Waals surface area contributed by atoms with E-state index >= 15 is 0 Å². The highest BCUT2D eigenvalue weighted by molar-refractivity contribution is 5.85. The minimum absolute atomic E-state index is 0. The molecule has 2 rings (SSSR count). The van der Waals surface area contributed by atoms with Gasteiger partial charge < -0.3 is 10.2 Å². The number of alkyl halides is 3. The summed E-state index contributed by atoms with van der Waals surface area (Å²) < 4.78 is 38.7. The summed E-state index contributed by atoms with van der Waals surface area (Å²) >= 11 is 0. The largest absolute Gasteiger partial charge is 0.416 e. The third kappa shape index (κ3) is 6.14. The van der Waals surface area contributed by atoms with Crippen LogP contribution in [0.2, 0.25) is 0 Å². The quantitative estimate of drug-likeness (QED) is 0.805. The van der Waals surface area contributed by atoms with Crippen molar-refractivity contribution in [2.24, 2.45) is 0 Å². The first-order valence-electron chi connectivity index (χ1n) is 8.72. The normalized spacial score (nSPS) is 16.3. The van der Waals surface area contributed by atoms with Gasteiger partial charge in [-0.25, -0.2) is 0 Å². The van der Waals surface area contributed by atoms with Crippen LogP contribution < -0.4 is 5.32 Å². The van der Waals surface area contributed by atoms with E-state index in [2.05, 4.69) is 5.32 Å². The summed E-state index contributed by atoms with van der Waals surface area (Å²) in [5.41, 5.74) is -0.0175. The van der Waals surface area contributed by atoms with Gasteiger partial charge in [-0.15, -0.1) is 12.4 Å². The minimum atomic E-state index is -4.34. The Morgan fingerprint density at radius 3 is 2.54 bits per heavy atom. The minimum Gasteiger partial charge on any atom is -0.340 e. The van der Waals surface area contributed by atoms with Crippen LogP contribution in [0.3, 0.4) is 0 Å². The molecule has 1 aromatic rings. The van der Waals surface area contributed by atoms with Gasteiger partial charge in [0, 0.05) is 45.2 Å². The summed E-state index contributed by atoms with van der Waals surface area (Å²) in [6, 6.07) is 5.25. The molecular weight excluding hydrogens is 367 g/mol. The number of carbonyl (C=O) groups is 1. The van der Waals surface area contributed by atoms with Crippen LogP contribution in [0.4, 0.5) is 13.2 Å². The molecule has 0 bridgehead atoms. The van der Waals surface area contributed by atoms with E-state index in [1.807, 2.05) is 23.6 Å². The lowest BCUT2D eigenvalue weighted by Crippen LogP contribution is -2.47. The number of rotatable bonds is 6. The maximum absolute atomic E-state index is 12.9. The van der Waals surface area contributed by atoms with Gasteiger partial charge in [0.15, 0.2) is 0 Å². The Bertz CT molecular complexity index is 577. The molecule has 0 aliphatic carbocycles. The van der Waals surface area contributed by atoms with Crippen molar-refractivity contribution in [3.63, 3.8) is 0 Å². The molecule has 0 saturated carbocycles. The Balaban J connectivity index is 0.00000338. The lowest BCUT2D eigenvalue weighted by molar-refractivity contribution is -0.137. The van der Waals surface area contributed by atoms with E-state index in [0.29, 0.717) is 38.2 Å². The van der Waals surface area contributed by atoms with Gasteiger partial charge in [-0.3, -0.25) is 9.69 Å². The first-order chi connectivity index (χ1) is 11.8. The maximum atomic E-state index is 12.9. The Hall–Kier alpha value is -1.31. The van der Waals surface area contributed by atoms with Crippen LogP contribution in [-0.4, -0.2) is 55.0 Å². The Morgan fingerprint density at radius 2 is 1.96 bits per heavy atom. The Labute approximate surface area is 159 Å². The fourth-order valence-corrected chi connectivity index (χ4v) is 3.12. The van der Waals surface area contributed by atoms with Crippen molar-refractivity contribution in [3.05, 3.63) is 35.4 Å². The second kappa shape index (κ2) is 10.1. The number of amides is 1. The summed E-state index contributed by atoms with van der Waals surface area (Å²) in [5, 5.41) is 3.21. The molecule has 0 radical (unpaired) electrons. The highest BCUT2D eigenvalue weighted by Gasteiger charge is 2.31. The number of benzene rings is 1. The van der Waals surface area contributed by atoms with E-state index in [9.17, 15) is 18.0 Å². The Kier molecular flexibility index (Phi) is 8.86. The molecule has 1 fully saturated rings. The molecule has 26 heavy (non-hydrogen) atoms. The molecule has 1 heterocycles. The summed E-state index contributed by atoms with van der Waals surface area (Å²) in [5.74, 6) is 0.108. The molecule has 0 spiro atoms. The number of piperazine rings is 1. The van der Waals surface area contributed by atoms with Crippen LogP contribution in [0.15, 0.2) is 24.3 Å². The van der Waals surface area contributed by atoms with Crippen molar-refractivity contribution < 1.29 is 18.0 Å². The van der Waals surface area contributed by atoms with Gasteiger partial charge in [-0.1, -0.05) is 19.1 Å². The van der Waals surface area contributed by atoms with Crippen molar-refractivity contribution >= 4 is 18.3 Å². The zero-order chi connectivity index (χ0) is 18.4. The van der Waals surface area contributed by atoms with Gasteiger partial charge >= 0.3 is 6.18 Å². The lowest BCUT2D eigenvalue weighted by atomic mass is 10.0. The van der Waals surface area contributed by atoms with Crippen LogP contribution in [0.1, 0.15) is 37.4 Å². The monoisotopic (exact) mass is 393 g/mol. The number of hydrogen-bond donors (Lipinski definition) is 1. The maximum Gasteiger partial charge on any atom is 0.416 e. The molecule has 1 aliphatic heterocycles. The van der Waals surface area contributed by atoms with Gasteiger partial charge in [-0.05, 0) is 31.2 Å². The number of nitrogens with one attached hydrogen (secondary N) is 1. The molecule has 148 valence electrons. The molecular formula is C18H27ClF3N3O. The molecule has 0 aromatic heterocycles. The molecule has 1 atom stereocenters. The predicted molar refractivity (Wildman–Crippen MR) is 98.4 cm³/mol. The van der Waals surface area contributed by atoms with Crippen molar-refractivity contribution in [3.8, 4) is 0 Å². The first kappa shape index (κ1) is 22.7. The third-order valence-electron chi connectivity index (χ3n) is 4.73. The first-order valence-corrected chi connectivity index (χ1v) is 8.72. The molecule has 1 aromatic carbocycles. The van der Waals surface area contributed by atoms with Crippen LogP contribution in [0.25, 0.3) is 0 Å². The zero-order valence-corrected chi connectivity index (χ0v) is 16.0. The molecule has 4 nitrogen and oxygen atoms in total. The van der Waals surface area contributed by atoms with E-state index in [4.69, 9.17) is 0 Å². The van der Waals surface area contributed by atoms with Crippen molar-refractivity contribution in [2.75, 3.05) is 39.3 Å².